The molecule has 5 nitrogen and oxygen atoms in total. The summed E-state index contributed by atoms with van der Waals surface area (Å²) in [7, 11) is 1.58. The first-order chi connectivity index (χ1) is 12.8. The van der Waals surface area contributed by atoms with Gasteiger partial charge >= 0.3 is 6.18 Å². The number of hydrogen-bond acceptors (Lipinski definition) is 4. The van der Waals surface area contributed by atoms with E-state index >= 15 is 0 Å². The molecule has 0 spiro atoms. The Morgan fingerprint density at radius 2 is 1.89 bits per heavy atom. The summed E-state index contributed by atoms with van der Waals surface area (Å²) in [6.07, 6.45) is -3.74. The number of alkyl halides is 3. The van der Waals surface area contributed by atoms with Crippen LogP contribution in [0.5, 0.6) is 0 Å². The summed E-state index contributed by atoms with van der Waals surface area (Å²) in [5.41, 5.74) is 5.57. The summed E-state index contributed by atoms with van der Waals surface area (Å²) < 4.78 is 39.3. The average molecular weight is 410 g/mol. The quantitative estimate of drug-likeness (QED) is 0.444. The van der Waals surface area contributed by atoms with E-state index in [2.05, 4.69) is 21.2 Å². The number of carbonyl (C=O) groups excluding carboxylic acids is 1. The Hall–Kier alpha value is -2.72. The molecule has 0 saturated carbocycles. The molecule has 0 aliphatic carbocycles. The Balaban J connectivity index is 2.13. The fourth-order valence-corrected chi connectivity index (χ4v) is 3.57. The van der Waals surface area contributed by atoms with Crippen molar-refractivity contribution in [2.45, 2.75) is 6.18 Å². The number of nitrogens with zero attached hydrogens (tertiary/aromatic N) is 1. The predicted octanol–water partition coefficient (Wildman–Crippen LogP) is 3.72. The van der Waals surface area contributed by atoms with E-state index in [1.54, 1.807) is 37.4 Å². The number of halogens is 3. The highest BCUT2D eigenvalue weighted by Gasteiger charge is 2.32. The first kappa shape index (κ1) is 19.1. The Labute approximate surface area is 161 Å². The highest BCUT2D eigenvalue weighted by atomic mass is 32.1. The molecule has 1 aromatic carbocycles. The summed E-state index contributed by atoms with van der Waals surface area (Å²) in [5.74, 6) is -0.525. The number of thiophene rings is 1. The first-order valence-electron chi connectivity index (χ1n) is 7.64. The molecule has 0 aliphatic rings. The molecule has 27 heavy (non-hydrogen) atoms. The molecule has 1 amide bonds. The molecule has 0 aliphatic heterocycles. The zero-order valence-electron chi connectivity index (χ0n) is 13.8. The molecule has 0 radical (unpaired) electrons. The minimum absolute atomic E-state index is 0.197. The van der Waals surface area contributed by atoms with E-state index in [-0.39, 0.29) is 14.7 Å². The van der Waals surface area contributed by atoms with Crippen LogP contribution in [0.15, 0.2) is 42.6 Å². The molecule has 0 unspecified atom stereocenters. The van der Waals surface area contributed by atoms with Gasteiger partial charge < -0.3 is 5.32 Å². The number of fused-ring (bicyclic) bond motifs is 1. The maximum Gasteiger partial charge on any atom is 0.417 e. The van der Waals surface area contributed by atoms with Crippen molar-refractivity contribution in [3.8, 4) is 11.1 Å². The molecule has 3 rings (SSSR count). The fraction of sp³-hybridized carbons (Fsp3) is 0.118. The molecule has 0 saturated heterocycles. The number of nitrogens with one attached hydrogen (secondary N) is 3. The minimum atomic E-state index is -4.51. The van der Waals surface area contributed by atoms with Crippen LogP contribution >= 0.6 is 23.6 Å². The predicted molar refractivity (Wildman–Crippen MR) is 102 cm³/mol. The molecule has 0 atom stereocenters. The van der Waals surface area contributed by atoms with Crippen LogP contribution in [-0.4, -0.2) is 23.1 Å². The van der Waals surface area contributed by atoms with Gasteiger partial charge in [-0.3, -0.25) is 20.6 Å². The Morgan fingerprint density at radius 1 is 1.19 bits per heavy atom. The number of rotatable bonds is 2. The topological polar surface area (TPSA) is 66.0 Å². The van der Waals surface area contributed by atoms with Crippen LogP contribution in [0.1, 0.15) is 15.2 Å². The second-order valence-electron chi connectivity index (χ2n) is 5.40. The van der Waals surface area contributed by atoms with Gasteiger partial charge in [-0.1, -0.05) is 30.3 Å². The van der Waals surface area contributed by atoms with E-state index in [0.717, 1.165) is 23.6 Å². The van der Waals surface area contributed by atoms with Crippen molar-refractivity contribution in [2.75, 3.05) is 7.05 Å². The number of pyridine rings is 1. The lowest BCUT2D eigenvalue weighted by Gasteiger charge is -2.09. The van der Waals surface area contributed by atoms with Gasteiger partial charge in [-0.2, -0.15) is 13.2 Å². The summed E-state index contributed by atoms with van der Waals surface area (Å²) in [5, 5.41) is 2.84. The van der Waals surface area contributed by atoms with Crippen LogP contribution in [0.2, 0.25) is 0 Å². The second kappa shape index (κ2) is 7.49. The molecule has 3 N–H and O–H groups in total. The van der Waals surface area contributed by atoms with Crippen molar-refractivity contribution in [3.63, 3.8) is 0 Å². The van der Waals surface area contributed by atoms with Gasteiger partial charge in [-0.25, -0.2) is 0 Å². The standard InChI is InChI=1S/C17H13F3N4OS2/c1-21-16(26)24-23-15(25)14-12(9-5-3-2-4-6-9)13-11(27-14)7-10(8-22-13)17(18,19)20/h2-8H,1H3,(H,23,25)(H2,21,24,26). The van der Waals surface area contributed by atoms with E-state index in [9.17, 15) is 18.0 Å². The van der Waals surface area contributed by atoms with Crippen molar-refractivity contribution in [2.24, 2.45) is 0 Å². The average Bonchev–Trinajstić information content (AvgIpc) is 3.04. The Kier molecular flexibility index (Phi) is 5.29. The molecule has 0 bridgehead atoms. The number of hydrogen-bond donors (Lipinski definition) is 3. The van der Waals surface area contributed by atoms with Crippen molar-refractivity contribution in [1.29, 1.82) is 0 Å². The van der Waals surface area contributed by atoms with Crippen molar-refractivity contribution in [1.82, 2.24) is 21.2 Å². The van der Waals surface area contributed by atoms with Crippen molar-refractivity contribution >= 4 is 44.8 Å². The van der Waals surface area contributed by atoms with Crippen LogP contribution in [0.25, 0.3) is 21.3 Å². The van der Waals surface area contributed by atoms with E-state index in [0.29, 0.717) is 16.6 Å². The zero-order chi connectivity index (χ0) is 19.6. The van der Waals surface area contributed by atoms with Gasteiger partial charge in [-0.05, 0) is 23.8 Å². The second-order valence-corrected chi connectivity index (χ2v) is 6.86. The van der Waals surface area contributed by atoms with Gasteiger partial charge in [-0.15, -0.1) is 11.3 Å². The SMILES string of the molecule is CNC(=S)NNC(=O)c1sc2cc(C(F)(F)F)cnc2c1-c1ccccc1. The summed E-state index contributed by atoms with van der Waals surface area (Å²) >= 11 is 5.84. The molecule has 10 heteroatoms. The third-order valence-corrected chi connectivity index (χ3v) is 5.07. The third-order valence-electron chi connectivity index (χ3n) is 3.64. The highest BCUT2D eigenvalue weighted by molar-refractivity contribution is 7.80. The first-order valence-corrected chi connectivity index (χ1v) is 8.87. The van der Waals surface area contributed by atoms with E-state index in [4.69, 9.17) is 12.2 Å². The molecule has 2 aromatic heterocycles. The highest BCUT2D eigenvalue weighted by Crippen LogP contribution is 2.40. The van der Waals surface area contributed by atoms with Crippen LogP contribution in [0.4, 0.5) is 13.2 Å². The summed E-state index contributed by atoms with van der Waals surface area (Å²) in [6, 6.07) is 9.90. The van der Waals surface area contributed by atoms with E-state index in [1.807, 2.05) is 0 Å². The molecular weight excluding hydrogens is 397 g/mol. The Bertz CT molecular complexity index is 1000. The fourth-order valence-electron chi connectivity index (χ4n) is 2.40. The largest absolute Gasteiger partial charge is 0.417 e. The normalized spacial score (nSPS) is 11.3. The van der Waals surface area contributed by atoms with Gasteiger partial charge in [0.25, 0.3) is 5.91 Å². The van der Waals surface area contributed by atoms with Crippen LogP contribution in [0, 0.1) is 0 Å². The monoisotopic (exact) mass is 410 g/mol. The molecular formula is C17H13F3N4OS2. The number of thiocarbonyl (C=S) groups is 1. The van der Waals surface area contributed by atoms with Gasteiger partial charge in [0.1, 0.15) is 4.88 Å². The smallest absolute Gasteiger partial charge is 0.364 e. The van der Waals surface area contributed by atoms with Crippen LogP contribution < -0.4 is 16.2 Å². The maximum atomic E-state index is 13.0. The molecule has 2 heterocycles. The van der Waals surface area contributed by atoms with Crippen molar-refractivity contribution in [3.05, 3.63) is 53.0 Å². The summed E-state index contributed by atoms with van der Waals surface area (Å²) in [4.78, 5) is 16.8. The number of aromatic nitrogens is 1. The lowest BCUT2D eigenvalue weighted by molar-refractivity contribution is -0.137. The van der Waals surface area contributed by atoms with Gasteiger partial charge in [0.2, 0.25) is 0 Å². The summed E-state index contributed by atoms with van der Waals surface area (Å²) in [6.45, 7) is 0. The van der Waals surface area contributed by atoms with Gasteiger partial charge in [0, 0.05) is 18.8 Å². The van der Waals surface area contributed by atoms with Crippen LogP contribution in [0.3, 0.4) is 0 Å². The lowest BCUT2D eigenvalue weighted by atomic mass is 10.0. The van der Waals surface area contributed by atoms with E-state index in [1.165, 1.54) is 0 Å². The number of amides is 1. The molecule has 140 valence electrons. The number of hydrazine groups is 1. The van der Waals surface area contributed by atoms with Gasteiger partial charge in [0.15, 0.2) is 5.11 Å². The number of carbonyl (C=O) groups is 1. The minimum Gasteiger partial charge on any atom is -0.364 e. The molecule has 3 aromatic rings. The van der Waals surface area contributed by atoms with Crippen molar-refractivity contribution < 1.29 is 18.0 Å². The Morgan fingerprint density at radius 3 is 2.52 bits per heavy atom. The van der Waals surface area contributed by atoms with Gasteiger partial charge in [0.05, 0.1) is 15.8 Å². The zero-order valence-corrected chi connectivity index (χ0v) is 15.5. The maximum absolute atomic E-state index is 13.0. The van der Waals surface area contributed by atoms with Crippen LogP contribution in [-0.2, 0) is 6.18 Å². The lowest BCUT2D eigenvalue weighted by Crippen LogP contribution is -2.45. The number of benzene rings is 1. The third kappa shape index (κ3) is 4.01. The van der Waals surface area contributed by atoms with E-state index < -0.39 is 17.6 Å². The molecule has 0 fully saturated rings.